The predicted molar refractivity (Wildman–Crippen MR) is 106 cm³/mol. The molecule has 3 atom stereocenters. The fraction of sp³-hybridized carbons (Fsp3) is 0.455. The molecule has 2 aromatic carbocycles. The molecule has 0 amide bonds. The highest BCUT2D eigenvalue weighted by molar-refractivity contribution is 5.44. The van der Waals surface area contributed by atoms with Crippen molar-refractivity contribution in [2.75, 3.05) is 41.7 Å². The van der Waals surface area contributed by atoms with Crippen molar-refractivity contribution in [1.82, 2.24) is 0 Å². The molecule has 28 heavy (non-hydrogen) atoms. The topological polar surface area (TPSA) is 66.4 Å². The third kappa shape index (κ3) is 4.03. The van der Waals surface area contributed by atoms with Crippen LogP contribution in [0.1, 0.15) is 17.2 Å². The summed E-state index contributed by atoms with van der Waals surface area (Å²) >= 11 is 0. The van der Waals surface area contributed by atoms with Crippen LogP contribution in [0.15, 0.2) is 36.4 Å². The van der Waals surface area contributed by atoms with Gasteiger partial charge in [-0.25, -0.2) is 0 Å². The van der Waals surface area contributed by atoms with Gasteiger partial charge >= 0.3 is 0 Å². The Bertz CT molecular complexity index is 791. The fourth-order valence-electron chi connectivity index (χ4n) is 3.86. The van der Waals surface area contributed by atoms with E-state index in [1.165, 1.54) is 0 Å². The monoisotopic (exact) mass is 388 g/mol. The average molecular weight is 388 g/mol. The van der Waals surface area contributed by atoms with Gasteiger partial charge in [0.1, 0.15) is 0 Å². The number of benzene rings is 2. The summed E-state index contributed by atoms with van der Waals surface area (Å²) in [5.74, 6) is 2.93. The molecule has 0 aromatic heterocycles. The summed E-state index contributed by atoms with van der Waals surface area (Å²) < 4.78 is 27.5. The van der Waals surface area contributed by atoms with Crippen molar-refractivity contribution in [3.8, 4) is 23.0 Å². The van der Waals surface area contributed by atoms with Crippen molar-refractivity contribution in [3.63, 3.8) is 0 Å². The number of rotatable bonds is 8. The number of ether oxygens (including phenoxy) is 5. The quantitative estimate of drug-likeness (QED) is 0.749. The van der Waals surface area contributed by atoms with Gasteiger partial charge in [-0.3, -0.25) is 0 Å². The maximum atomic E-state index is 10.1. The van der Waals surface area contributed by atoms with Crippen molar-refractivity contribution in [2.45, 2.75) is 12.5 Å². The number of hydrogen-bond acceptors (Lipinski definition) is 6. The Labute approximate surface area is 165 Å². The zero-order chi connectivity index (χ0) is 20.1. The molecular weight excluding hydrogens is 360 g/mol. The van der Waals surface area contributed by atoms with Gasteiger partial charge in [-0.15, -0.1) is 0 Å². The molecule has 0 radical (unpaired) electrons. The summed E-state index contributed by atoms with van der Waals surface area (Å²) in [6.07, 6.45) is 0.602. The Morgan fingerprint density at radius 3 is 2.07 bits per heavy atom. The highest BCUT2D eigenvalue weighted by atomic mass is 16.5. The van der Waals surface area contributed by atoms with Gasteiger partial charge in [0.05, 0.1) is 41.2 Å². The maximum absolute atomic E-state index is 10.1. The van der Waals surface area contributed by atoms with Crippen molar-refractivity contribution in [2.24, 2.45) is 11.8 Å². The van der Waals surface area contributed by atoms with Crippen molar-refractivity contribution >= 4 is 0 Å². The summed E-state index contributed by atoms with van der Waals surface area (Å²) in [6, 6.07) is 11.7. The van der Waals surface area contributed by atoms with Crippen molar-refractivity contribution < 1.29 is 28.8 Å². The molecule has 1 aliphatic rings. The first-order valence-electron chi connectivity index (χ1n) is 9.30. The standard InChI is InChI=1S/C22H28O6/c1-24-18-7-5-14(10-20(18)26-3)9-16-13-28-22(17(16)12-23)15-6-8-19(25-2)21(11-15)27-4/h5-8,10-11,16-17,22-23H,9,12-13H2,1-4H3/t16-,17-,22?/m0/s1. The molecule has 1 aliphatic heterocycles. The molecule has 1 heterocycles. The number of methoxy groups -OCH3 is 4. The summed E-state index contributed by atoms with van der Waals surface area (Å²) in [5, 5.41) is 10.1. The lowest BCUT2D eigenvalue weighted by molar-refractivity contribution is 0.0717. The smallest absolute Gasteiger partial charge is 0.161 e. The molecule has 0 spiro atoms. The normalized spacial score (nSPS) is 21.4. The van der Waals surface area contributed by atoms with Crippen LogP contribution in [0.3, 0.4) is 0 Å². The second-order valence-electron chi connectivity index (χ2n) is 6.87. The van der Waals surface area contributed by atoms with E-state index in [1.807, 2.05) is 36.4 Å². The first kappa shape index (κ1) is 20.3. The Morgan fingerprint density at radius 2 is 1.46 bits per heavy atom. The van der Waals surface area contributed by atoms with Gasteiger partial charge in [0, 0.05) is 12.5 Å². The van der Waals surface area contributed by atoms with Crippen molar-refractivity contribution in [3.05, 3.63) is 47.5 Å². The van der Waals surface area contributed by atoms with Crippen LogP contribution in [-0.4, -0.2) is 46.8 Å². The minimum atomic E-state index is -0.185. The van der Waals surface area contributed by atoms with E-state index in [0.717, 1.165) is 17.5 Å². The SMILES string of the molecule is COc1ccc(C[C@H]2COC(c3ccc(OC)c(OC)c3)[C@H]2CO)cc1OC. The third-order valence-electron chi connectivity index (χ3n) is 5.38. The summed E-state index contributed by atoms with van der Waals surface area (Å²) in [5.41, 5.74) is 2.10. The van der Waals surface area contributed by atoms with Crippen LogP contribution in [0.2, 0.25) is 0 Å². The fourth-order valence-corrected chi connectivity index (χ4v) is 3.86. The molecule has 1 unspecified atom stereocenters. The molecule has 0 bridgehead atoms. The van der Waals surface area contributed by atoms with Gasteiger partial charge in [-0.1, -0.05) is 12.1 Å². The number of aliphatic hydroxyl groups is 1. The van der Waals surface area contributed by atoms with E-state index in [2.05, 4.69) is 0 Å². The molecule has 1 saturated heterocycles. The van der Waals surface area contributed by atoms with E-state index >= 15 is 0 Å². The highest BCUT2D eigenvalue weighted by Crippen LogP contribution is 2.42. The minimum absolute atomic E-state index is 0.00815. The van der Waals surface area contributed by atoms with E-state index in [0.29, 0.717) is 29.6 Å². The Hall–Kier alpha value is -2.44. The van der Waals surface area contributed by atoms with Crippen LogP contribution in [0.5, 0.6) is 23.0 Å². The summed E-state index contributed by atoms with van der Waals surface area (Å²) in [4.78, 5) is 0. The summed E-state index contributed by atoms with van der Waals surface area (Å²) in [7, 11) is 6.47. The summed E-state index contributed by atoms with van der Waals surface area (Å²) in [6.45, 7) is 0.634. The first-order valence-corrected chi connectivity index (χ1v) is 9.30. The molecule has 1 fully saturated rings. The van der Waals surface area contributed by atoms with Gasteiger partial charge in [0.15, 0.2) is 23.0 Å². The van der Waals surface area contributed by atoms with Gasteiger partial charge in [0.2, 0.25) is 0 Å². The van der Waals surface area contributed by atoms with Gasteiger partial charge < -0.3 is 28.8 Å². The number of aliphatic hydroxyl groups excluding tert-OH is 1. The second-order valence-corrected chi connectivity index (χ2v) is 6.87. The van der Waals surface area contributed by atoms with Crippen LogP contribution < -0.4 is 18.9 Å². The highest BCUT2D eigenvalue weighted by Gasteiger charge is 2.38. The van der Waals surface area contributed by atoms with Crippen LogP contribution in [0, 0.1) is 11.8 Å². The van der Waals surface area contributed by atoms with E-state index in [1.54, 1.807) is 28.4 Å². The molecule has 6 nitrogen and oxygen atoms in total. The molecular formula is C22H28O6. The second kappa shape index (κ2) is 9.17. The lowest BCUT2D eigenvalue weighted by atomic mass is 9.84. The van der Waals surface area contributed by atoms with E-state index < -0.39 is 0 Å². The van der Waals surface area contributed by atoms with Gasteiger partial charge in [-0.05, 0) is 47.7 Å². The molecule has 6 heteroatoms. The largest absolute Gasteiger partial charge is 0.493 e. The Morgan fingerprint density at radius 1 is 0.857 bits per heavy atom. The van der Waals surface area contributed by atoms with Crippen LogP contribution in [0.4, 0.5) is 0 Å². The molecule has 152 valence electrons. The van der Waals surface area contributed by atoms with E-state index in [4.69, 9.17) is 23.7 Å². The maximum Gasteiger partial charge on any atom is 0.161 e. The zero-order valence-corrected chi connectivity index (χ0v) is 16.8. The lowest BCUT2D eigenvalue weighted by Crippen LogP contribution is -2.21. The third-order valence-corrected chi connectivity index (χ3v) is 5.38. The first-order chi connectivity index (χ1) is 13.6. The Kier molecular flexibility index (Phi) is 6.65. The average Bonchev–Trinajstić information content (AvgIpc) is 3.15. The van der Waals surface area contributed by atoms with Crippen LogP contribution in [0.25, 0.3) is 0 Å². The van der Waals surface area contributed by atoms with E-state index in [-0.39, 0.29) is 24.5 Å². The van der Waals surface area contributed by atoms with Crippen molar-refractivity contribution in [1.29, 1.82) is 0 Å². The molecule has 1 N–H and O–H groups in total. The van der Waals surface area contributed by atoms with Gasteiger partial charge in [-0.2, -0.15) is 0 Å². The number of hydrogen-bond donors (Lipinski definition) is 1. The minimum Gasteiger partial charge on any atom is -0.493 e. The van der Waals surface area contributed by atoms with Gasteiger partial charge in [0.25, 0.3) is 0 Å². The molecule has 3 rings (SSSR count). The van der Waals surface area contributed by atoms with E-state index in [9.17, 15) is 5.11 Å². The lowest BCUT2D eigenvalue weighted by Gasteiger charge is -2.22. The zero-order valence-electron chi connectivity index (χ0n) is 16.8. The van der Waals surface area contributed by atoms with Crippen LogP contribution in [-0.2, 0) is 11.2 Å². The molecule has 2 aromatic rings. The molecule has 0 aliphatic carbocycles. The van der Waals surface area contributed by atoms with Crippen LogP contribution >= 0.6 is 0 Å². The molecule has 0 saturated carbocycles. The Balaban J connectivity index is 1.79. The predicted octanol–water partition coefficient (Wildman–Crippen LogP) is 3.26.